The van der Waals surface area contributed by atoms with Crippen molar-refractivity contribution in [3.05, 3.63) is 101 Å². The molecule has 1 atom stereocenters. The van der Waals surface area contributed by atoms with Gasteiger partial charge in [-0.1, -0.05) is 95.3 Å². The monoisotopic (exact) mass is 458 g/mol. The summed E-state index contributed by atoms with van der Waals surface area (Å²) in [5, 5.41) is 7.26. The fourth-order valence-corrected chi connectivity index (χ4v) is 4.12. The van der Waals surface area contributed by atoms with Gasteiger partial charge in [-0.05, 0) is 59.3 Å². The summed E-state index contributed by atoms with van der Waals surface area (Å²) in [6.45, 7) is 13.0. The second-order valence-corrected chi connectivity index (χ2v) is 10.3. The van der Waals surface area contributed by atoms with E-state index in [1.54, 1.807) is 0 Å². The maximum absolute atomic E-state index is 13.1. The van der Waals surface area contributed by atoms with Crippen LogP contribution in [0.5, 0.6) is 0 Å². The van der Waals surface area contributed by atoms with Gasteiger partial charge in [-0.3, -0.25) is 4.79 Å². The van der Waals surface area contributed by atoms with E-state index < -0.39 is 0 Å². The van der Waals surface area contributed by atoms with Crippen LogP contribution in [0.2, 0.25) is 0 Å². The molecule has 4 heteroatoms. The summed E-state index contributed by atoms with van der Waals surface area (Å²) in [7, 11) is 0. The molecule has 0 aliphatic heterocycles. The third-order valence-corrected chi connectivity index (χ3v) is 6.09. The molecular weight excluding hydrogens is 424 g/mol. The van der Waals surface area contributed by atoms with Crippen LogP contribution in [-0.2, 0) is 5.41 Å². The van der Waals surface area contributed by atoms with Crippen molar-refractivity contribution in [3.63, 3.8) is 0 Å². The van der Waals surface area contributed by atoms with Crippen LogP contribution in [-0.4, -0.2) is 10.9 Å². The minimum Gasteiger partial charge on any atom is -0.355 e. The first kappa shape index (κ1) is 24.7. The fourth-order valence-electron chi connectivity index (χ4n) is 3.87. The van der Waals surface area contributed by atoms with Gasteiger partial charge in [-0.2, -0.15) is 0 Å². The normalized spacial score (nSPS) is 12.3. The van der Waals surface area contributed by atoms with Crippen LogP contribution in [0.1, 0.15) is 73.3 Å². The lowest BCUT2D eigenvalue weighted by atomic mass is 9.86. The Balaban J connectivity index is 1.73. The van der Waals surface area contributed by atoms with Crippen LogP contribution >= 0.6 is 12.2 Å². The van der Waals surface area contributed by atoms with Crippen molar-refractivity contribution >= 4 is 28.8 Å². The Bertz CT molecular complexity index is 1130. The summed E-state index contributed by atoms with van der Waals surface area (Å²) in [5.41, 5.74) is 5.83. The van der Waals surface area contributed by atoms with Gasteiger partial charge >= 0.3 is 0 Å². The predicted molar refractivity (Wildman–Crippen MR) is 143 cm³/mol. The smallest absolute Gasteiger partial charge is 0.193 e. The molecule has 172 valence electrons. The standard InChI is InChI=1S/C29H34N2OS/c1-19(2)26(25-13-8-7-10-20(25)3)31-28(33)30-24-12-9-11-22(18-24)27(32)21-14-16-23(17-15-21)29(4,5)6/h7-19,26H,1-6H3,(H2,30,31,33). The number of carbonyl (C=O) groups is 1. The van der Waals surface area contributed by atoms with Crippen molar-refractivity contribution in [2.24, 2.45) is 5.92 Å². The highest BCUT2D eigenvalue weighted by atomic mass is 32.1. The molecule has 0 saturated carbocycles. The molecule has 3 rings (SSSR count). The van der Waals surface area contributed by atoms with Gasteiger partial charge in [0.25, 0.3) is 0 Å². The molecule has 0 heterocycles. The lowest BCUT2D eigenvalue weighted by Crippen LogP contribution is -2.35. The number of carbonyl (C=O) groups excluding carboxylic acids is 1. The first-order valence-electron chi connectivity index (χ1n) is 11.4. The topological polar surface area (TPSA) is 41.1 Å². The minimum absolute atomic E-state index is 0.00189. The number of aryl methyl sites for hydroxylation is 1. The quantitative estimate of drug-likeness (QED) is 0.302. The molecule has 1 unspecified atom stereocenters. The maximum Gasteiger partial charge on any atom is 0.193 e. The van der Waals surface area contributed by atoms with Gasteiger partial charge in [0.15, 0.2) is 10.9 Å². The van der Waals surface area contributed by atoms with Gasteiger partial charge in [0.05, 0.1) is 6.04 Å². The number of hydrogen-bond donors (Lipinski definition) is 2. The summed E-state index contributed by atoms with van der Waals surface area (Å²) < 4.78 is 0. The van der Waals surface area contributed by atoms with Crippen LogP contribution < -0.4 is 10.6 Å². The third-order valence-electron chi connectivity index (χ3n) is 5.87. The molecule has 0 aliphatic carbocycles. The van der Waals surface area contributed by atoms with E-state index in [1.807, 2.05) is 54.6 Å². The number of ketones is 1. The molecule has 2 N–H and O–H groups in total. The number of benzene rings is 3. The Morgan fingerprint density at radius 2 is 1.55 bits per heavy atom. The third kappa shape index (κ3) is 6.29. The van der Waals surface area contributed by atoms with E-state index in [0.717, 1.165) is 5.69 Å². The molecule has 0 bridgehead atoms. The van der Waals surface area contributed by atoms with Crippen molar-refractivity contribution in [2.75, 3.05) is 5.32 Å². The van der Waals surface area contributed by atoms with Gasteiger partial charge in [0, 0.05) is 16.8 Å². The molecule has 0 amide bonds. The number of thiocarbonyl (C=S) groups is 1. The second-order valence-electron chi connectivity index (χ2n) is 9.91. The summed E-state index contributed by atoms with van der Waals surface area (Å²) in [6.07, 6.45) is 0. The van der Waals surface area contributed by atoms with E-state index in [2.05, 4.69) is 70.4 Å². The Hall–Kier alpha value is -2.98. The van der Waals surface area contributed by atoms with Crippen LogP contribution in [0.4, 0.5) is 5.69 Å². The molecule has 0 aliphatic rings. The summed E-state index contributed by atoms with van der Waals surface area (Å²) in [6, 6.07) is 23.8. The highest BCUT2D eigenvalue weighted by Crippen LogP contribution is 2.26. The molecule has 0 saturated heterocycles. The number of nitrogens with one attached hydrogen (secondary N) is 2. The van der Waals surface area contributed by atoms with E-state index in [1.165, 1.54) is 16.7 Å². The first-order chi connectivity index (χ1) is 15.6. The molecule has 3 aromatic rings. The number of anilines is 1. The molecule has 0 aromatic heterocycles. The van der Waals surface area contributed by atoms with Crippen molar-refractivity contribution in [2.45, 2.75) is 53.0 Å². The molecule has 3 nitrogen and oxygen atoms in total. The van der Waals surface area contributed by atoms with Gasteiger partial charge in [-0.25, -0.2) is 0 Å². The van der Waals surface area contributed by atoms with Crippen molar-refractivity contribution in [3.8, 4) is 0 Å². The van der Waals surface area contributed by atoms with E-state index in [4.69, 9.17) is 12.2 Å². The van der Waals surface area contributed by atoms with E-state index >= 15 is 0 Å². The zero-order valence-corrected chi connectivity index (χ0v) is 21.2. The summed E-state index contributed by atoms with van der Waals surface area (Å²) >= 11 is 5.62. The van der Waals surface area contributed by atoms with Crippen LogP contribution in [0.25, 0.3) is 0 Å². The van der Waals surface area contributed by atoms with Crippen molar-refractivity contribution in [1.82, 2.24) is 5.32 Å². The predicted octanol–water partition coefficient (Wildman–Crippen LogP) is 7.21. The van der Waals surface area contributed by atoms with Crippen LogP contribution in [0.3, 0.4) is 0 Å². The average Bonchev–Trinajstić information content (AvgIpc) is 2.77. The van der Waals surface area contributed by atoms with Crippen molar-refractivity contribution < 1.29 is 4.79 Å². The van der Waals surface area contributed by atoms with Crippen molar-refractivity contribution in [1.29, 1.82) is 0 Å². The Morgan fingerprint density at radius 3 is 2.15 bits per heavy atom. The van der Waals surface area contributed by atoms with Gasteiger partial charge in [0.1, 0.15) is 0 Å². The highest BCUT2D eigenvalue weighted by Gasteiger charge is 2.19. The van der Waals surface area contributed by atoms with Crippen LogP contribution in [0, 0.1) is 12.8 Å². The molecule has 0 spiro atoms. The first-order valence-corrected chi connectivity index (χ1v) is 11.9. The van der Waals surface area contributed by atoms with Gasteiger partial charge in [0.2, 0.25) is 0 Å². The molecule has 3 aromatic carbocycles. The molecule has 0 fully saturated rings. The minimum atomic E-state index is -0.00189. The van der Waals surface area contributed by atoms with Crippen LogP contribution in [0.15, 0.2) is 72.8 Å². The summed E-state index contributed by atoms with van der Waals surface area (Å²) in [5.74, 6) is 0.354. The van der Waals surface area contributed by atoms with E-state index in [9.17, 15) is 4.79 Å². The van der Waals surface area contributed by atoms with E-state index in [-0.39, 0.29) is 17.2 Å². The SMILES string of the molecule is Cc1ccccc1C(NC(=S)Nc1cccc(C(=O)c2ccc(C(C)(C)C)cc2)c1)C(C)C. The number of hydrogen-bond acceptors (Lipinski definition) is 2. The molecule has 33 heavy (non-hydrogen) atoms. The fraction of sp³-hybridized carbons (Fsp3) is 0.310. The molecular formula is C29H34N2OS. The lowest BCUT2D eigenvalue weighted by Gasteiger charge is -2.26. The molecule has 0 radical (unpaired) electrons. The summed E-state index contributed by atoms with van der Waals surface area (Å²) in [4.78, 5) is 13.1. The Labute approximate surface area is 203 Å². The second kappa shape index (κ2) is 10.3. The van der Waals surface area contributed by atoms with Gasteiger partial charge < -0.3 is 10.6 Å². The Morgan fingerprint density at radius 1 is 0.879 bits per heavy atom. The number of rotatable bonds is 6. The lowest BCUT2D eigenvalue weighted by molar-refractivity contribution is 0.103. The van der Waals surface area contributed by atoms with E-state index in [0.29, 0.717) is 22.2 Å². The maximum atomic E-state index is 13.1. The highest BCUT2D eigenvalue weighted by molar-refractivity contribution is 7.80. The largest absolute Gasteiger partial charge is 0.355 e. The van der Waals surface area contributed by atoms with Gasteiger partial charge in [-0.15, -0.1) is 0 Å². The zero-order valence-electron chi connectivity index (χ0n) is 20.4. The average molecular weight is 459 g/mol. The Kier molecular flexibility index (Phi) is 7.70. The zero-order chi connectivity index (χ0) is 24.2.